The molecule has 6 nitrogen and oxygen atoms in total. The minimum absolute atomic E-state index is 0.144. The van der Waals surface area contributed by atoms with Crippen molar-refractivity contribution in [1.29, 1.82) is 0 Å². The summed E-state index contributed by atoms with van der Waals surface area (Å²) >= 11 is 0. The van der Waals surface area contributed by atoms with E-state index < -0.39 is 5.91 Å². The van der Waals surface area contributed by atoms with Crippen LogP contribution in [0.1, 0.15) is 59.6 Å². The van der Waals surface area contributed by atoms with Gasteiger partial charge < -0.3 is 20.1 Å². The zero-order valence-corrected chi connectivity index (χ0v) is 18.1. The third kappa shape index (κ3) is 4.08. The zero-order chi connectivity index (χ0) is 22.1. The summed E-state index contributed by atoms with van der Waals surface area (Å²) in [7, 11) is 0. The number of imidazole rings is 1. The molecule has 2 aliphatic rings. The minimum atomic E-state index is -0.422. The highest BCUT2D eigenvalue weighted by molar-refractivity contribution is 5.92. The molecule has 3 aromatic rings. The number of carbonyl (C=O) groups is 1. The molecule has 32 heavy (non-hydrogen) atoms. The first-order chi connectivity index (χ1) is 15.6. The predicted molar refractivity (Wildman–Crippen MR) is 122 cm³/mol. The van der Waals surface area contributed by atoms with Gasteiger partial charge in [-0.1, -0.05) is 36.4 Å². The topological polar surface area (TPSA) is 90.4 Å². The van der Waals surface area contributed by atoms with Crippen LogP contribution in [0, 0.1) is 5.92 Å². The van der Waals surface area contributed by atoms with Gasteiger partial charge in [-0.25, -0.2) is 4.98 Å². The van der Waals surface area contributed by atoms with Crippen LogP contribution >= 0.6 is 0 Å². The van der Waals surface area contributed by atoms with Crippen molar-refractivity contribution < 1.29 is 14.6 Å². The zero-order valence-electron chi connectivity index (χ0n) is 18.1. The molecule has 2 heterocycles. The highest BCUT2D eigenvalue weighted by atomic mass is 16.5. The van der Waals surface area contributed by atoms with Gasteiger partial charge in [-0.05, 0) is 61.3 Å². The van der Waals surface area contributed by atoms with Gasteiger partial charge in [0.15, 0.2) is 0 Å². The lowest BCUT2D eigenvalue weighted by molar-refractivity contribution is -0.0160. The van der Waals surface area contributed by atoms with Gasteiger partial charge in [0.1, 0.15) is 0 Å². The highest BCUT2D eigenvalue weighted by Crippen LogP contribution is 2.42. The van der Waals surface area contributed by atoms with Crippen molar-refractivity contribution in [2.24, 2.45) is 11.7 Å². The molecule has 0 spiro atoms. The number of carbonyl (C=O) groups excluding carboxylic acids is 1. The summed E-state index contributed by atoms with van der Waals surface area (Å²) in [5, 5.41) is 11.1. The molecule has 1 saturated carbocycles. The number of amides is 1. The van der Waals surface area contributed by atoms with Crippen molar-refractivity contribution >= 4 is 5.91 Å². The summed E-state index contributed by atoms with van der Waals surface area (Å²) in [6.45, 7) is 0.473. The number of nitrogens with zero attached hydrogens (tertiary/aromatic N) is 2. The largest absolute Gasteiger partial charge is 0.393 e. The molecule has 2 aromatic carbocycles. The number of nitrogens with two attached hydrogens (primary N) is 1. The second-order valence-electron chi connectivity index (χ2n) is 9.00. The number of primary amides is 1. The van der Waals surface area contributed by atoms with Gasteiger partial charge in [-0.3, -0.25) is 4.79 Å². The van der Waals surface area contributed by atoms with Gasteiger partial charge in [0.05, 0.1) is 43.1 Å². The fourth-order valence-corrected chi connectivity index (χ4v) is 5.26. The van der Waals surface area contributed by atoms with E-state index in [2.05, 4.69) is 33.8 Å². The Labute approximate surface area is 188 Å². The molecule has 0 saturated heterocycles. The van der Waals surface area contributed by atoms with Gasteiger partial charge in [-0.2, -0.15) is 0 Å². The molecule has 1 aliphatic heterocycles. The summed E-state index contributed by atoms with van der Waals surface area (Å²) in [4.78, 5) is 15.7. The van der Waals surface area contributed by atoms with Crippen LogP contribution in [0.2, 0.25) is 0 Å². The van der Waals surface area contributed by atoms with Gasteiger partial charge in [0, 0.05) is 11.1 Å². The van der Waals surface area contributed by atoms with Crippen LogP contribution in [0.25, 0.3) is 11.3 Å². The molecular weight excluding hydrogens is 402 g/mol. The summed E-state index contributed by atoms with van der Waals surface area (Å²) in [6, 6.07) is 15.9. The average Bonchev–Trinajstić information content (AvgIpc) is 3.41. The molecule has 6 heteroatoms. The van der Waals surface area contributed by atoms with Crippen molar-refractivity contribution in [2.45, 2.75) is 57.0 Å². The maximum atomic E-state index is 11.4. The highest BCUT2D eigenvalue weighted by Gasteiger charge is 2.33. The maximum absolute atomic E-state index is 11.4. The molecule has 2 atom stereocenters. The van der Waals surface area contributed by atoms with Crippen LogP contribution in [0.15, 0.2) is 61.1 Å². The minimum Gasteiger partial charge on any atom is -0.393 e. The maximum Gasteiger partial charge on any atom is 0.248 e. The van der Waals surface area contributed by atoms with Crippen LogP contribution in [-0.2, 0) is 11.3 Å². The predicted octanol–water partition coefficient (Wildman–Crippen LogP) is 4.08. The first kappa shape index (κ1) is 20.9. The first-order valence-electron chi connectivity index (χ1n) is 11.4. The van der Waals surface area contributed by atoms with E-state index in [1.807, 2.05) is 24.7 Å². The number of aliphatic hydroxyl groups excluding tert-OH is 1. The number of ether oxygens (including phenoxy) is 1. The number of rotatable bonds is 7. The first-order valence-corrected chi connectivity index (χ1v) is 11.4. The molecular formula is C26H29N3O3. The molecule has 166 valence electrons. The smallest absolute Gasteiger partial charge is 0.248 e. The monoisotopic (exact) mass is 431 g/mol. The van der Waals surface area contributed by atoms with Gasteiger partial charge in [-0.15, -0.1) is 0 Å². The van der Waals surface area contributed by atoms with Crippen LogP contribution < -0.4 is 5.73 Å². The number of benzene rings is 2. The third-order valence-corrected chi connectivity index (χ3v) is 7.02. The van der Waals surface area contributed by atoms with Crippen molar-refractivity contribution in [3.63, 3.8) is 0 Å². The van der Waals surface area contributed by atoms with Crippen LogP contribution in [0.4, 0.5) is 0 Å². The van der Waals surface area contributed by atoms with E-state index in [0.717, 1.165) is 36.9 Å². The second kappa shape index (κ2) is 8.88. The normalized spacial score (nSPS) is 22.8. The van der Waals surface area contributed by atoms with Crippen LogP contribution in [-0.4, -0.2) is 32.8 Å². The Morgan fingerprint density at radius 2 is 1.97 bits per heavy atom. The Morgan fingerprint density at radius 3 is 2.78 bits per heavy atom. The van der Waals surface area contributed by atoms with Crippen molar-refractivity contribution in [2.75, 3.05) is 0 Å². The summed E-state index contributed by atoms with van der Waals surface area (Å²) in [5.41, 5.74) is 10.5. The third-order valence-electron chi connectivity index (χ3n) is 7.02. The van der Waals surface area contributed by atoms with Crippen LogP contribution in [0.3, 0.4) is 0 Å². The quantitative estimate of drug-likeness (QED) is 0.590. The van der Waals surface area contributed by atoms with E-state index in [1.165, 1.54) is 11.1 Å². The number of hydrogen-bond donors (Lipinski definition) is 2. The summed E-state index contributed by atoms with van der Waals surface area (Å²) in [6.07, 6.45) is 8.12. The molecule has 1 fully saturated rings. The molecule has 0 bridgehead atoms. The number of aromatic nitrogens is 2. The van der Waals surface area contributed by atoms with E-state index >= 15 is 0 Å². The Bertz CT molecular complexity index is 1100. The Hall–Kier alpha value is -2.96. The lowest BCUT2D eigenvalue weighted by Gasteiger charge is -2.32. The van der Waals surface area contributed by atoms with Crippen LogP contribution in [0.5, 0.6) is 0 Å². The average molecular weight is 432 g/mol. The van der Waals surface area contributed by atoms with E-state index in [-0.39, 0.29) is 24.2 Å². The van der Waals surface area contributed by atoms with Crippen molar-refractivity contribution in [3.8, 4) is 11.3 Å². The van der Waals surface area contributed by atoms with E-state index in [0.29, 0.717) is 18.6 Å². The SMILES string of the molecule is NC(=O)c1cccc(COC2CCC(C(O)CC3c4ccccc4-c4cncn43)CC2)c1. The van der Waals surface area contributed by atoms with E-state index in [9.17, 15) is 9.90 Å². The molecule has 3 N–H and O–H groups in total. The second-order valence-corrected chi connectivity index (χ2v) is 9.00. The van der Waals surface area contributed by atoms with Gasteiger partial charge in [0.25, 0.3) is 0 Å². The van der Waals surface area contributed by atoms with E-state index in [1.54, 1.807) is 12.1 Å². The van der Waals surface area contributed by atoms with Crippen molar-refractivity contribution in [1.82, 2.24) is 9.55 Å². The summed E-state index contributed by atoms with van der Waals surface area (Å²) < 4.78 is 8.30. The molecule has 0 radical (unpaired) electrons. The van der Waals surface area contributed by atoms with E-state index in [4.69, 9.17) is 10.5 Å². The van der Waals surface area contributed by atoms with Gasteiger partial charge >= 0.3 is 0 Å². The molecule has 1 aromatic heterocycles. The molecule has 2 unspecified atom stereocenters. The fraction of sp³-hybridized carbons (Fsp3) is 0.385. The number of aliphatic hydroxyl groups is 1. The standard InChI is InChI=1S/C26H29N3O3/c27-26(31)19-5-3-4-17(12-19)15-32-20-10-8-18(9-11-20)25(30)13-23-21-6-1-2-7-22(21)24-14-28-16-29(23)24/h1-7,12,14,16,18,20,23,25,30H,8-11,13,15H2,(H2,27,31). The number of fused-ring (bicyclic) bond motifs is 3. The fourth-order valence-electron chi connectivity index (χ4n) is 5.26. The molecule has 5 rings (SSSR count). The summed E-state index contributed by atoms with van der Waals surface area (Å²) in [5.74, 6) is -0.137. The number of hydrogen-bond acceptors (Lipinski definition) is 4. The Morgan fingerprint density at radius 1 is 1.16 bits per heavy atom. The Balaban J connectivity index is 1.15. The van der Waals surface area contributed by atoms with Gasteiger partial charge in [0.2, 0.25) is 5.91 Å². The molecule has 1 amide bonds. The Kier molecular flexibility index (Phi) is 5.81. The lowest BCUT2D eigenvalue weighted by Crippen LogP contribution is -2.30. The molecule has 1 aliphatic carbocycles. The van der Waals surface area contributed by atoms with Crippen molar-refractivity contribution in [3.05, 3.63) is 77.7 Å². The lowest BCUT2D eigenvalue weighted by atomic mass is 9.81.